The molecule has 1 heterocycles. The zero-order valence-corrected chi connectivity index (χ0v) is 13.6. The van der Waals surface area contributed by atoms with Crippen LogP contribution in [0.1, 0.15) is 21.5 Å². The minimum atomic E-state index is -0.908. The van der Waals surface area contributed by atoms with Gasteiger partial charge in [0.05, 0.1) is 5.56 Å². The lowest BCUT2D eigenvalue weighted by molar-refractivity contribution is 0.0697. The molecule has 0 radical (unpaired) electrons. The Morgan fingerprint density at radius 1 is 1.00 bits per heavy atom. The molecular formula is C21H17NO2. The molecule has 0 aliphatic carbocycles. The molecule has 118 valence electrons. The maximum Gasteiger partial charge on any atom is 0.335 e. The van der Waals surface area contributed by atoms with Crippen molar-refractivity contribution in [2.45, 2.75) is 13.8 Å². The van der Waals surface area contributed by atoms with E-state index in [2.05, 4.69) is 37.0 Å². The van der Waals surface area contributed by atoms with Gasteiger partial charge < -0.3 is 10.1 Å². The summed E-state index contributed by atoms with van der Waals surface area (Å²) < 4.78 is 0. The van der Waals surface area contributed by atoms with Crippen LogP contribution in [0.3, 0.4) is 0 Å². The summed E-state index contributed by atoms with van der Waals surface area (Å²) >= 11 is 0. The number of benzene rings is 3. The minimum Gasteiger partial charge on any atom is -0.478 e. The SMILES string of the molecule is Cc1cc2ccccc2c(-c2c[nH]c3ccc(C(=O)O)cc23)c1C. The number of carboxylic acid groups (broad SMARTS) is 1. The van der Waals surface area contributed by atoms with Crippen molar-refractivity contribution in [1.82, 2.24) is 4.98 Å². The van der Waals surface area contributed by atoms with Crippen LogP contribution in [0.4, 0.5) is 0 Å². The quantitative estimate of drug-likeness (QED) is 0.527. The second kappa shape index (κ2) is 5.24. The number of carboxylic acids is 1. The van der Waals surface area contributed by atoms with Gasteiger partial charge in [-0.25, -0.2) is 4.79 Å². The van der Waals surface area contributed by atoms with Gasteiger partial charge in [-0.2, -0.15) is 0 Å². The van der Waals surface area contributed by atoms with Gasteiger partial charge in [-0.05, 0) is 59.5 Å². The van der Waals surface area contributed by atoms with Crippen molar-refractivity contribution in [3.05, 3.63) is 71.4 Å². The van der Waals surface area contributed by atoms with E-state index in [0.717, 1.165) is 16.5 Å². The molecule has 0 saturated heterocycles. The lowest BCUT2D eigenvalue weighted by Gasteiger charge is -2.13. The molecule has 0 bridgehead atoms. The number of aromatic carboxylic acids is 1. The van der Waals surface area contributed by atoms with Gasteiger partial charge in [0.15, 0.2) is 0 Å². The molecule has 3 nitrogen and oxygen atoms in total. The Balaban J connectivity index is 2.11. The first kappa shape index (κ1) is 14.5. The number of hydrogen-bond donors (Lipinski definition) is 2. The molecule has 0 fully saturated rings. The molecule has 0 saturated carbocycles. The highest BCUT2D eigenvalue weighted by Gasteiger charge is 2.15. The Morgan fingerprint density at radius 3 is 2.58 bits per heavy atom. The second-order valence-electron chi connectivity index (χ2n) is 6.18. The highest BCUT2D eigenvalue weighted by Crippen LogP contribution is 2.38. The Kier molecular flexibility index (Phi) is 3.17. The summed E-state index contributed by atoms with van der Waals surface area (Å²) in [6, 6.07) is 15.7. The predicted molar refractivity (Wildman–Crippen MR) is 97.7 cm³/mol. The Bertz CT molecular complexity index is 1110. The molecule has 24 heavy (non-hydrogen) atoms. The first-order valence-electron chi connectivity index (χ1n) is 7.90. The van der Waals surface area contributed by atoms with E-state index in [9.17, 15) is 9.90 Å². The Labute approximate surface area is 139 Å². The number of fused-ring (bicyclic) bond motifs is 2. The zero-order valence-electron chi connectivity index (χ0n) is 13.6. The van der Waals surface area contributed by atoms with E-state index >= 15 is 0 Å². The molecule has 3 aromatic carbocycles. The Hall–Kier alpha value is -3.07. The smallest absolute Gasteiger partial charge is 0.335 e. The lowest BCUT2D eigenvalue weighted by Crippen LogP contribution is -1.95. The number of aromatic amines is 1. The third-order valence-corrected chi connectivity index (χ3v) is 4.77. The van der Waals surface area contributed by atoms with E-state index in [1.54, 1.807) is 12.1 Å². The monoisotopic (exact) mass is 315 g/mol. The molecule has 4 aromatic rings. The van der Waals surface area contributed by atoms with Crippen LogP contribution in [-0.2, 0) is 0 Å². The summed E-state index contributed by atoms with van der Waals surface area (Å²) in [7, 11) is 0. The van der Waals surface area contributed by atoms with Crippen molar-refractivity contribution in [2.24, 2.45) is 0 Å². The summed E-state index contributed by atoms with van der Waals surface area (Å²) in [5.74, 6) is -0.908. The van der Waals surface area contributed by atoms with Gasteiger partial charge in [0, 0.05) is 22.7 Å². The van der Waals surface area contributed by atoms with Crippen molar-refractivity contribution >= 4 is 27.6 Å². The highest BCUT2D eigenvalue weighted by molar-refractivity contribution is 6.08. The van der Waals surface area contributed by atoms with Gasteiger partial charge in [0.25, 0.3) is 0 Å². The molecule has 1 aromatic heterocycles. The van der Waals surface area contributed by atoms with Gasteiger partial charge in [-0.1, -0.05) is 30.3 Å². The predicted octanol–water partition coefficient (Wildman–Crippen LogP) is 5.30. The maximum absolute atomic E-state index is 11.3. The van der Waals surface area contributed by atoms with Gasteiger partial charge in [-0.3, -0.25) is 0 Å². The average molecular weight is 315 g/mol. The molecule has 4 rings (SSSR count). The maximum atomic E-state index is 11.3. The van der Waals surface area contributed by atoms with Crippen molar-refractivity contribution in [2.75, 3.05) is 0 Å². The number of rotatable bonds is 2. The van der Waals surface area contributed by atoms with Crippen LogP contribution in [0.15, 0.2) is 54.7 Å². The standard InChI is InChI=1S/C21H17NO2/c1-12-9-14-5-3-4-6-16(14)20(13(12)2)18-11-22-19-8-7-15(21(23)24)10-17(18)19/h3-11,22H,1-2H3,(H,23,24). The summed E-state index contributed by atoms with van der Waals surface area (Å²) in [5, 5.41) is 12.6. The first-order chi connectivity index (χ1) is 11.6. The van der Waals surface area contributed by atoms with Crippen LogP contribution in [-0.4, -0.2) is 16.1 Å². The molecular weight excluding hydrogens is 298 g/mol. The van der Waals surface area contributed by atoms with Crippen LogP contribution in [0, 0.1) is 13.8 Å². The third-order valence-electron chi connectivity index (χ3n) is 4.77. The largest absolute Gasteiger partial charge is 0.478 e. The van der Waals surface area contributed by atoms with Crippen LogP contribution in [0.5, 0.6) is 0 Å². The van der Waals surface area contributed by atoms with Crippen LogP contribution in [0.2, 0.25) is 0 Å². The molecule has 0 unspecified atom stereocenters. The molecule has 0 amide bonds. The topological polar surface area (TPSA) is 53.1 Å². The van der Waals surface area contributed by atoms with E-state index in [1.165, 1.54) is 27.5 Å². The van der Waals surface area contributed by atoms with Crippen molar-refractivity contribution in [3.63, 3.8) is 0 Å². The highest BCUT2D eigenvalue weighted by atomic mass is 16.4. The number of hydrogen-bond acceptors (Lipinski definition) is 1. The number of aryl methyl sites for hydroxylation is 1. The fourth-order valence-electron chi connectivity index (χ4n) is 3.40. The minimum absolute atomic E-state index is 0.304. The molecule has 3 heteroatoms. The van der Waals surface area contributed by atoms with E-state index in [1.807, 2.05) is 24.4 Å². The number of nitrogens with one attached hydrogen (secondary N) is 1. The molecule has 0 aliphatic rings. The normalized spacial score (nSPS) is 11.2. The number of carbonyl (C=O) groups is 1. The van der Waals surface area contributed by atoms with Crippen LogP contribution in [0.25, 0.3) is 32.8 Å². The number of H-pyrrole nitrogens is 1. The molecule has 0 spiro atoms. The van der Waals surface area contributed by atoms with E-state index in [0.29, 0.717) is 5.56 Å². The first-order valence-corrected chi connectivity index (χ1v) is 7.90. The number of aromatic nitrogens is 1. The van der Waals surface area contributed by atoms with E-state index in [4.69, 9.17) is 0 Å². The summed E-state index contributed by atoms with van der Waals surface area (Å²) in [6.45, 7) is 4.24. The second-order valence-corrected chi connectivity index (χ2v) is 6.18. The van der Waals surface area contributed by atoms with Gasteiger partial charge >= 0.3 is 5.97 Å². The molecule has 0 atom stereocenters. The fourth-order valence-corrected chi connectivity index (χ4v) is 3.40. The van der Waals surface area contributed by atoms with Gasteiger partial charge in [-0.15, -0.1) is 0 Å². The third kappa shape index (κ3) is 2.09. The molecule has 0 aliphatic heterocycles. The summed E-state index contributed by atoms with van der Waals surface area (Å²) in [4.78, 5) is 14.6. The van der Waals surface area contributed by atoms with Crippen LogP contribution >= 0.6 is 0 Å². The van der Waals surface area contributed by atoms with Gasteiger partial charge in [0.1, 0.15) is 0 Å². The van der Waals surface area contributed by atoms with E-state index in [-0.39, 0.29) is 0 Å². The fraction of sp³-hybridized carbons (Fsp3) is 0.0952. The Morgan fingerprint density at radius 2 is 1.79 bits per heavy atom. The lowest BCUT2D eigenvalue weighted by atomic mass is 9.90. The van der Waals surface area contributed by atoms with E-state index < -0.39 is 5.97 Å². The van der Waals surface area contributed by atoms with Gasteiger partial charge in [0.2, 0.25) is 0 Å². The average Bonchev–Trinajstić information content (AvgIpc) is 2.99. The molecule has 2 N–H and O–H groups in total. The van der Waals surface area contributed by atoms with Crippen molar-refractivity contribution in [3.8, 4) is 11.1 Å². The summed E-state index contributed by atoms with van der Waals surface area (Å²) in [6.07, 6.45) is 1.98. The zero-order chi connectivity index (χ0) is 16.8. The van der Waals surface area contributed by atoms with Crippen LogP contribution < -0.4 is 0 Å². The summed E-state index contributed by atoms with van der Waals surface area (Å²) in [5.41, 5.74) is 5.91. The van der Waals surface area contributed by atoms with Crippen molar-refractivity contribution < 1.29 is 9.90 Å². The van der Waals surface area contributed by atoms with Crippen molar-refractivity contribution in [1.29, 1.82) is 0 Å².